The molecule has 9 heteroatoms. The van der Waals surface area contributed by atoms with Gasteiger partial charge >= 0.3 is 5.97 Å². The Hall–Kier alpha value is -1.22. The van der Waals surface area contributed by atoms with Gasteiger partial charge in [-0.3, -0.25) is 0 Å². The van der Waals surface area contributed by atoms with E-state index in [4.69, 9.17) is 4.74 Å². The fraction of sp³-hybridized carbons (Fsp3) is 0.562. The summed E-state index contributed by atoms with van der Waals surface area (Å²) in [4.78, 5) is 11.5. The highest BCUT2D eigenvalue weighted by molar-refractivity contribution is 7.89. The molecule has 0 radical (unpaired) electrons. The van der Waals surface area contributed by atoms with Crippen molar-refractivity contribution in [3.63, 3.8) is 0 Å². The van der Waals surface area contributed by atoms with E-state index < -0.39 is 21.8 Å². The fourth-order valence-electron chi connectivity index (χ4n) is 3.49. The zero-order valence-electron chi connectivity index (χ0n) is 13.8. The molecule has 2 bridgehead atoms. The van der Waals surface area contributed by atoms with Gasteiger partial charge in [-0.1, -0.05) is 0 Å². The normalized spacial score (nSPS) is 25.3. The molecule has 1 aromatic rings. The topological polar surface area (TPSA) is 84.5 Å². The van der Waals surface area contributed by atoms with Crippen LogP contribution in [0, 0.1) is 5.82 Å². The number of piperidine rings is 1. The Balaban J connectivity index is 0.00000225. The maximum absolute atomic E-state index is 13.8. The summed E-state index contributed by atoms with van der Waals surface area (Å²) in [5.74, 6) is -1.53. The van der Waals surface area contributed by atoms with Crippen LogP contribution in [0.5, 0.6) is 0 Å². The summed E-state index contributed by atoms with van der Waals surface area (Å²) < 4.78 is 46.4. The summed E-state index contributed by atoms with van der Waals surface area (Å²) in [6.07, 6.45) is 3.54. The maximum Gasteiger partial charge on any atom is 0.338 e. The minimum atomic E-state index is -3.90. The Bertz CT molecular complexity index is 732. The van der Waals surface area contributed by atoms with Crippen LogP contribution in [-0.4, -0.2) is 39.1 Å². The molecule has 6 nitrogen and oxygen atoms in total. The molecule has 0 aromatic heterocycles. The lowest BCUT2D eigenvalue weighted by Crippen LogP contribution is -2.47. The van der Waals surface area contributed by atoms with Gasteiger partial charge in [0.2, 0.25) is 10.0 Å². The van der Waals surface area contributed by atoms with Gasteiger partial charge in [0.05, 0.1) is 17.1 Å². The third kappa shape index (κ3) is 4.69. The molecule has 25 heavy (non-hydrogen) atoms. The van der Waals surface area contributed by atoms with Gasteiger partial charge in [-0.25, -0.2) is 22.3 Å². The molecule has 1 aromatic carbocycles. The number of benzene rings is 1. The van der Waals surface area contributed by atoms with Crippen molar-refractivity contribution in [2.24, 2.45) is 0 Å². The third-order valence-corrected chi connectivity index (χ3v) is 5.99. The van der Waals surface area contributed by atoms with Gasteiger partial charge in [0.1, 0.15) is 5.82 Å². The van der Waals surface area contributed by atoms with Gasteiger partial charge < -0.3 is 10.1 Å². The molecule has 2 aliphatic rings. The van der Waals surface area contributed by atoms with Gasteiger partial charge in [-0.2, -0.15) is 0 Å². The van der Waals surface area contributed by atoms with Crippen molar-refractivity contribution in [3.8, 4) is 0 Å². The van der Waals surface area contributed by atoms with Crippen molar-refractivity contribution in [3.05, 3.63) is 29.6 Å². The minimum absolute atomic E-state index is 0. The number of sulfonamides is 1. The number of ether oxygens (including phenoxy) is 1. The minimum Gasteiger partial charge on any atom is -0.462 e. The number of esters is 1. The molecule has 2 atom stereocenters. The summed E-state index contributed by atoms with van der Waals surface area (Å²) in [7, 11) is -3.90. The third-order valence-electron chi connectivity index (χ3n) is 4.49. The maximum atomic E-state index is 13.8. The van der Waals surface area contributed by atoms with E-state index in [9.17, 15) is 17.6 Å². The second-order valence-electron chi connectivity index (χ2n) is 6.32. The molecule has 3 rings (SSSR count). The highest BCUT2D eigenvalue weighted by Crippen LogP contribution is 2.28. The van der Waals surface area contributed by atoms with Crippen molar-refractivity contribution in [1.29, 1.82) is 0 Å². The largest absolute Gasteiger partial charge is 0.462 e. The Kier molecular flexibility index (Phi) is 6.42. The summed E-state index contributed by atoms with van der Waals surface area (Å²) in [5, 5.41) is 3.44. The molecule has 2 fully saturated rings. The molecule has 0 aliphatic carbocycles. The van der Waals surface area contributed by atoms with E-state index in [1.165, 1.54) is 0 Å². The highest BCUT2D eigenvalue weighted by atomic mass is 35.5. The Morgan fingerprint density at radius 1 is 1.28 bits per heavy atom. The number of rotatable bonds is 5. The van der Waals surface area contributed by atoms with Crippen molar-refractivity contribution >= 4 is 28.4 Å². The smallest absolute Gasteiger partial charge is 0.338 e. The van der Waals surface area contributed by atoms with Crippen molar-refractivity contribution in [2.75, 3.05) is 6.61 Å². The second kappa shape index (κ2) is 7.99. The Morgan fingerprint density at radius 3 is 2.52 bits per heavy atom. The first-order valence-electron chi connectivity index (χ1n) is 8.13. The number of halogens is 2. The number of fused-ring (bicyclic) bond motifs is 2. The predicted molar refractivity (Wildman–Crippen MR) is 92.9 cm³/mol. The molecule has 2 unspecified atom stereocenters. The van der Waals surface area contributed by atoms with Crippen LogP contribution in [0.4, 0.5) is 4.39 Å². The van der Waals surface area contributed by atoms with Crippen LogP contribution in [0.25, 0.3) is 0 Å². The van der Waals surface area contributed by atoms with Gasteiger partial charge in [0.25, 0.3) is 0 Å². The van der Waals surface area contributed by atoms with Crippen molar-refractivity contribution in [2.45, 2.75) is 55.6 Å². The molecule has 0 saturated carbocycles. The highest BCUT2D eigenvalue weighted by Gasteiger charge is 2.35. The summed E-state index contributed by atoms with van der Waals surface area (Å²) in [6, 6.07) is 3.53. The number of carbonyl (C=O) groups excluding carboxylic acids is 1. The van der Waals surface area contributed by atoms with E-state index in [1.54, 1.807) is 6.92 Å². The SMILES string of the molecule is CCOC(=O)c1cc(F)cc(S(=O)(=O)NC2CC3CCC(C2)N3)c1.Cl. The summed E-state index contributed by atoms with van der Waals surface area (Å²) in [5.41, 5.74) is -0.109. The standard InChI is InChI=1S/C16H21FN2O4S.ClH/c1-2-23-16(20)10-5-11(17)7-15(6-10)24(21,22)19-14-8-12-3-4-13(9-14)18-12;/h5-7,12-14,18-19H,2-4,8-9H2,1H3;1H. The fourth-order valence-corrected chi connectivity index (χ4v) is 4.81. The van der Waals surface area contributed by atoms with Gasteiger partial charge in [-0.05, 0) is 50.8 Å². The lowest BCUT2D eigenvalue weighted by Gasteiger charge is -2.29. The van der Waals surface area contributed by atoms with Crippen molar-refractivity contribution < 1.29 is 22.3 Å². The van der Waals surface area contributed by atoms with Crippen LogP contribution in [-0.2, 0) is 14.8 Å². The van der Waals surface area contributed by atoms with E-state index in [1.807, 2.05) is 0 Å². The number of carbonyl (C=O) groups is 1. The zero-order chi connectivity index (χ0) is 17.3. The van der Waals surface area contributed by atoms with Crippen LogP contribution in [0.3, 0.4) is 0 Å². The molecular formula is C16H22ClFN2O4S. The quantitative estimate of drug-likeness (QED) is 0.748. The van der Waals surface area contributed by atoms with Crippen LogP contribution in [0.1, 0.15) is 43.0 Å². The first kappa shape index (κ1) is 20.1. The van der Waals surface area contributed by atoms with E-state index in [0.29, 0.717) is 12.1 Å². The lowest BCUT2D eigenvalue weighted by atomic mass is 10.0. The van der Waals surface area contributed by atoms with Gasteiger partial charge in [0, 0.05) is 18.1 Å². The molecule has 140 valence electrons. The molecule has 2 saturated heterocycles. The average molecular weight is 393 g/mol. The van der Waals surface area contributed by atoms with E-state index >= 15 is 0 Å². The van der Waals surface area contributed by atoms with Crippen LogP contribution in [0.15, 0.2) is 23.1 Å². The van der Waals surface area contributed by atoms with Crippen LogP contribution in [0.2, 0.25) is 0 Å². The van der Waals surface area contributed by atoms with E-state index in [0.717, 1.165) is 43.9 Å². The van der Waals surface area contributed by atoms with Crippen LogP contribution >= 0.6 is 12.4 Å². The molecule has 2 aliphatic heterocycles. The Labute approximate surface area is 153 Å². The number of nitrogens with one attached hydrogen (secondary N) is 2. The monoisotopic (exact) mass is 392 g/mol. The van der Waals surface area contributed by atoms with Crippen LogP contribution < -0.4 is 10.0 Å². The molecule has 0 amide bonds. The Morgan fingerprint density at radius 2 is 1.92 bits per heavy atom. The zero-order valence-corrected chi connectivity index (χ0v) is 15.5. The first-order valence-corrected chi connectivity index (χ1v) is 9.62. The predicted octanol–water partition coefficient (Wildman–Crippen LogP) is 1.99. The summed E-state index contributed by atoms with van der Waals surface area (Å²) >= 11 is 0. The average Bonchev–Trinajstić information content (AvgIpc) is 2.85. The van der Waals surface area contributed by atoms with Gasteiger partial charge in [-0.15, -0.1) is 12.4 Å². The summed E-state index contributed by atoms with van der Waals surface area (Å²) in [6.45, 7) is 1.76. The molecular weight excluding hydrogens is 371 g/mol. The molecule has 2 heterocycles. The molecule has 2 N–H and O–H groups in total. The van der Waals surface area contributed by atoms with E-state index in [-0.39, 0.29) is 35.5 Å². The second-order valence-corrected chi connectivity index (χ2v) is 8.04. The van der Waals surface area contributed by atoms with E-state index in [2.05, 4.69) is 10.0 Å². The van der Waals surface area contributed by atoms with Crippen molar-refractivity contribution in [1.82, 2.24) is 10.0 Å². The van der Waals surface area contributed by atoms with Gasteiger partial charge in [0.15, 0.2) is 0 Å². The number of hydrogen-bond acceptors (Lipinski definition) is 5. The molecule has 0 spiro atoms. The number of hydrogen-bond donors (Lipinski definition) is 2. The lowest BCUT2D eigenvalue weighted by molar-refractivity contribution is 0.0525. The first-order chi connectivity index (χ1) is 11.4.